The number of carbonyl (C=O) groups excluding carboxylic acids is 1. The first-order valence-corrected chi connectivity index (χ1v) is 6.03. The molecule has 0 saturated heterocycles. The highest BCUT2D eigenvalue weighted by atomic mass is 16.1. The number of ketones is 1. The molecule has 1 unspecified atom stereocenters. The topological polar surface area (TPSA) is 17.1 Å². The van der Waals surface area contributed by atoms with E-state index in [-0.39, 0.29) is 5.78 Å². The molecule has 17 heavy (non-hydrogen) atoms. The van der Waals surface area contributed by atoms with Crippen LogP contribution in [0.3, 0.4) is 0 Å². The smallest absolute Gasteiger partial charge is 0.163 e. The van der Waals surface area contributed by atoms with E-state index in [9.17, 15) is 4.79 Å². The Bertz CT molecular complexity index is 492. The highest BCUT2D eigenvalue weighted by Crippen LogP contribution is 2.34. The summed E-state index contributed by atoms with van der Waals surface area (Å²) in [5.41, 5.74) is 4.78. The minimum absolute atomic E-state index is 0.234. The van der Waals surface area contributed by atoms with Gasteiger partial charge < -0.3 is 0 Å². The average molecular weight is 226 g/mol. The van der Waals surface area contributed by atoms with Crippen LogP contribution in [-0.4, -0.2) is 5.78 Å². The lowest BCUT2D eigenvalue weighted by Crippen LogP contribution is -2.09. The van der Waals surface area contributed by atoms with Crippen LogP contribution in [0.2, 0.25) is 0 Å². The standard InChI is InChI=1S/C16H18O/c1-11-9-12(2)15(13(11)3)10-16(17)14-7-5-4-6-8-14/h4-9,15H,10H2,1-3H3. The van der Waals surface area contributed by atoms with Gasteiger partial charge in [-0.1, -0.05) is 53.1 Å². The van der Waals surface area contributed by atoms with Crippen LogP contribution >= 0.6 is 0 Å². The minimum Gasteiger partial charge on any atom is -0.294 e. The molecule has 0 aliphatic heterocycles. The number of carbonyl (C=O) groups is 1. The van der Waals surface area contributed by atoms with Crippen LogP contribution in [0, 0.1) is 5.92 Å². The molecule has 0 amide bonds. The van der Waals surface area contributed by atoms with Gasteiger partial charge in [-0.15, -0.1) is 0 Å². The molecule has 1 nitrogen and oxygen atoms in total. The first-order chi connectivity index (χ1) is 8.09. The largest absolute Gasteiger partial charge is 0.294 e. The van der Waals surface area contributed by atoms with Crippen LogP contribution in [0.1, 0.15) is 37.6 Å². The number of benzene rings is 1. The van der Waals surface area contributed by atoms with Gasteiger partial charge in [-0.3, -0.25) is 4.79 Å². The number of hydrogen-bond acceptors (Lipinski definition) is 1. The second-order valence-electron chi connectivity index (χ2n) is 4.80. The van der Waals surface area contributed by atoms with Gasteiger partial charge in [0.25, 0.3) is 0 Å². The predicted molar refractivity (Wildman–Crippen MR) is 71.0 cm³/mol. The van der Waals surface area contributed by atoms with Crippen molar-refractivity contribution in [3.05, 3.63) is 58.7 Å². The molecule has 0 bridgehead atoms. The number of allylic oxidation sites excluding steroid dienone is 4. The van der Waals surface area contributed by atoms with Crippen LogP contribution in [0.5, 0.6) is 0 Å². The summed E-state index contributed by atoms with van der Waals surface area (Å²) in [6, 6.07) is 9.55. The Morgan fingerprint density at radius 1 is 1.12 bits per heavy atom. The van der Waals surface area contributed by atoms with E-state index in [1.807, 2.05) is 30.3 Å². The lowest BCUT2D eigenvalue weighted by atomic mass is 9.90. The van der Waals surface area contributed by atoms with Crippen LogP contribution in [0.15, 0.2) is 53.1 Å². The highest BCUT2D eigenvalue weighted by Gasteiger charge is 2.23. The molecule has 0 heterocycles. The Hall–Kier alpha value is -1.63. The second kappa shape index (κ2) is 4.70. The summed E-state index contributed by atoms with van der Waals surface area (Å²) in [7, 11) is 0. The SMILES string of the molecule is CC1=CC(C)=C(C)C1CC(=O)c1ccccc1. The number of Topliss-reactive ketones (excluding diaryl/α,β-unsaturated/α-hetero) is 1. The normalized spacial score (nSPS) is 19.5. The summed E-state index contributed by atoms with van der Waals surface area (Å²) >= 11 is 0. The van der Waals surface area contributed by atoms with Crippen molar-refractivity contribution in [2.75, 3.05) is 0 Å². The highest BCUT2D eigenvalue weighted by molar-refractivity contribution is 5.96. The van der Waals surface area contributed by atoms with Gasteiger partial charge in [0, 0.05) is 17.9 Å². The summed E-state index contributed by atoms with van der Waals surface area (Å²) in [6.45, 7) is 6.36. The molecule has 1 aliphatic carbocycles. The Labute approximate surface area is 103 Å². The first-order valence-electron chi connectivity index (χ1n) is 6.03. The predicted octanol–water partition coefficient (Wildman–Crippen LogP) is 4.17. The molecule has 0 N–H and O–H groups in total. The summed E-state index contributed by atoms with van der Waals surface area (Å²) in [5, 5.41) is 0. The Morgan fingerprint density at radius 2 is 1.76 bits per heavy atom. The van der Waals surface area contributed by atoms with E-state index in [2.05, 4.69) is 26.8 Å². The van der Waals surface area contributed by atoms with Crippen molar-refractivity contribution >= 4 is 5.78 Å². The second-order valence-corrected chi connectivity index (χ2v) is 4.80. The van der Waals surface area contributed by atoms with Gasteiger partial charge in [-0.25, -0.2) is 0 Å². The summed E-state index contributed by atoms with van der Waals surface area (Å²) < 4.78 is 0. The molecule has 1 aromatic rings. The molecule has 1 aromatic carbocycles. The number of rotatable bonds is 3. The van der Waals surface area contributed by atoms with Crippen molar-refractivity contribution in [2.45, 2.75) is 27.2 Å². The van der Waals surface area contributed by atoms with Gasteiger partial charge in [0.15, 0.2) is 5.78 Å². The van der Waals surface area contributed by atoms with Gasteiger partial charge in [0.05, 0.1) is 0 Å². The van der Waals surface area contributed by atoms with Crippen molar-refractivity contribution < 1.29 is 4.79 Å². The Morgan fingerprint density at radius 3 is 2.29 bits per heavy atom. The third kappa shape index (κ3) is 2.38. The van der Waals surface area contributed by atoms with Crippen molar-refractivity contribution in [1.29, 1.82) is 0 Å². The van der Waals surface area contributed by atoms with Gasteiger partial charge in [-0.2, -0.15) is 0 Å². The molecule has 1 aliphatic rings. The molecule has 0 aromatic heterocycles. The maximum Gasteiger partial charge on any atom is 0.163 e. The van der Waals surface area contributed by atoms with E-state index in [1.165, 1.54) is 16.7 Å². The van der Waals surface area contributed by atoms with Crippen molar-refractivity contribution in [3.63, 3.8) is 0 Å². The van der Waals surface area contributed by atoms with Crippen LogP contribution < -0.4 is 0 Å². The molecule has 0 spiro atoms. The van der Waals surface area contributed by atoms with Crippen LogP contribution in [-0.2, 0) is 0 Å². The lowest BCUT2D eigenvalue weighted by Gasteiger charge is -2.13. The first kappa shape index (κ1) is 11.8. The third-order valence-corrected chi connectivity index (χ3v) is 3.62. The van der Waals surface area contributed by atoms with E-state index in [4.69, 9.17) is 0 Å². The molecular weight excluding hydrogens is 208 g/mol. The van der Waals surface area contributed by atoms with Gasteiger partial charge in [-0.05, 0) is 20.8 Å². The summed E-state index contributed by atoms with van der Waals surface area (Å²) in [6.07, 6.45) is 2.79. The molecule has 1 atom stereocenters. The van der Waals surface area contributed by atoms with E-state index in [0.717, 1.165) is 5.56 Å². The maximum atomic E-state index is 12.1. The molecule has 0 radical (unpaired) electrons. The molecule has 2 rings (SSSR count). The zero-order valence-electron chi connectivity index (χ0n) is 10.7. The molecule has 1 heteroatoms. The van der Waals surface area contributed by atoms with Crippen molar-refractivity contribution in [2.24, 2.45) is 5.92 Å². The zero-order chi connectivity index (χ0) is 12.4. The van der Waals surface area contributed by atoms with E-state index in [1.54, 1.807) is 0 Å². The molecular formula is C16H18O. The van der Waals surface area contributed by atoms with Crippen molar-refractivity contribution in [1.82, 2.24) is 0 Å². The fourth-order valence-electron chi connectivity index (χ4n) is 2.41. The van der Waals surface area contributed by atoms with Crippen LogP contribution in [0.25, 0.3) is 0 Å². The fraction of sp³-hybridized carbons (Fsp3) is 0.312. The van der Waals surface area contributed by atoms with Crippen molar-refractivity contribution in [3.8, 4) is 0 Å². The number of hydrogen-bond donors (Lipinski definition) is 0. The maximum absolute atomic E-state index is 12.1. The Kier molecular flexibility index (Phi) is 3.28. The van der Waals surface area contributed by atoms with Gasteiger partial charge in [0.1, 0.15) is 0 Å². The van der Waals surface area contributed by atoms with E-state index in [0.29, 0.717) is 12.3 Å². The summed E-state index contributed by atoms with van der Waals surface area (Å²) in [5.74, 6) is 0.542. The molecule has 0 fully saturated rings. The summed E-state index contributed by atoms with van der Waals surface area (Å²) in [4.78, 5) is 12.1. The van der Waals surface area contributed by atoms with E-state index < -0.39 is 0 Å². The molecule has 88 valence electrons. The quantitative estimate of drug-likeness (QED) is 0.707. The van der Waals surface area contributed by atoms with Crippen LogP contribution in [0.4, 0.5) is 0 Å². The van der Waals surface area contributed by atoms with Gasteiger partial charge in [0.2, 0.25) is 0 Å². The lowest BCUT2D eigenvalue weighted by molar-refractivity contribution is 0.0972. The third-order valence-electron chi connectivity index (χ3n) is 3.62. The average Bonchev–Trinajstić information content (AvgIpc) is 2.57. The van der Waals surface area contributed by atoms with Gasteiger partial charge >= 0.3 is 0 Å². The fourth-order valence-corrected chi connectivity index (χ4v) is 2.41. The monoisotopic (exact) mass is 226 g/mol. The Balaban J connectivity index is 2.14. The zero-order valence-corrected chi connectivity index (χ0v) is 10.7. The minimum atomic E-state index is 0.234. The molecule has 0 saturated carbocycles. The van der Waals surface area contributed by atoms with E-state index >= 15 is 0 Å².